The second kappa shape index (κ2) is 9.53. The Balaban J connectivity index is 2.06. The van der Waals surface area contributed by atoms with Gasteiger partial charge in [-0.3, -0.25) is 9.48 Å². The van der Waals surface area contributed by atoms with Crippen LogP contribution in [0.3, 0.4) is 0 Å². The van der Waals surface area contributed by atoms with Crippen molar-refractivity contribution in [1.29, 1.82) is 0 Å². The molecule has 2 aromatic rings. The molecule has 2 rings (SSSR count). The van der Waals surface area contributed by atoms with Gasteiger partial charge in [-0.05, 0) is 24.1 Å². The number of nitrogens with zero attached hydrogens (tertiary/aromatic N) is 2. The average molecular weight is 494 g/mol. The number of aromatic nitrogens is 2. The summed E-state index contributed by atoms with van der Waals surface area (Å²) in [4.78, 5) is 12.4. The first kappa shape index (κ1) is 25.1. The number of halogens is 8. The van der Waals surface area contributed by atoms with Crippen LogP contribution in [0.1, 0.15) is 28.7 Å². The number of amides is 1. The van der Waals surface area contributed by atoms with Gasteiger partial charge in [0.05, 0.1) is 15.7 Å². The number of aryl methyl sites for hydroxylation is 2. The van der Waals surface area contributed by atoms with E-state index in [0.717, 1.165) is 12.1 Å². The highest BCUT2D eigenvalue weighted by atomic mass is 35.5. The first-order valence-electron chi connectivity index (χ1n) is 8.48. The molecular weight excluding hydrogens is 479 g/mol. The topological polar surface area (TPSA) is 65.4 Å². The lowest BCUT2D eigenvalue weighted by atomic mass is 10.2. The zero-order chi connectivity index (χ0) is 23.6. The molecule has 0 aliphatic heterocycles. The smallest absolute Gasteiger partial charge is 0.427 e. The van der Waals surface area contributed by atoms with E-state index >= 15 is 0 Å². The molecule has 31 heavy (non-hydrogen) atoms. The van der Waals surface area contributed by atoms with Crippen molar-refractivity contribution in [2.24, 2.45) is 7.05 Å². The lowest BCUT2D eigenvalue weighted by Gasteiger charge is -2.22. The van der Waals surface area contributed by atoms with Gasteiger partial charge in [0.25, 0.3) is 5.91 Å². The van der Waals surface area contributed by atoms with Gasteiger partial charge in [-0.25, -0.2) is 9.13 Å². The lowest BCUT2D eigenvalue weighted by Crippen LogP contribution is -2.41. The van der Waals surface area contributed by atoms with Crippen LogP contribution in [0.15, 0.2) is 18.2 Å². The van der Waals surface area contributed by atoms with Crippen molar-refractivity contribution in [2.45, 2.75) is 38.7 Å². The summed E-state index contributed by atoms with van der Waals surface area (Å²) in [5.74, 6) is -1.36. The molecule has 0 bridgehead atoms. The highest BCUT2D eigenvalue weighted by molar-refractivity contribution is 6.34. The third-order valence-corrected chi connectivity index (χ3v) is 4.49. The second-order valence-corrected chi connectivity index (χ2v) is 6.86. The van der Waals surface area contributed by atoms with Gasteiger partial charge < -0.3 is 10.1 Å². The summed E-state index contributed by atoms with van der Waals surface area (Å²) in [6.07, 6.45) is -14.2. The van der Waals surface area contributed by atoms with Crippen molar-refractivity contribution in [3.8, 4) is 5.75 Å². The molecule has 1 atom stereocenters. The predicted molar refractivity (Wildman–Crippen MR) is 97.8 cm³/mol. The molecule has 0 spiro atoms. The first-order chi connectivity index (χ1) is 14.2. The van der Waals surface area contributed by atoms with E-state index in [1.165, 1.54) is 17.8 Å². The molecule has 1 heterocycles. The van der Waals surface area contributed by atoms with E-state index in [4.69, 9.17) is 23.2 Å². The van der Waals surface area contributed by atoms with Crippen molar-refractivity contribution in [1.82, 2.24) is 15.1 Å². The summed E-state index contributed by atoms with van der Waals surface area (Å²) in [5.41, 5.74) is 0.967. The molecule has 0 saturated heterocycles. The van der Waals surface area contributed by atoms with Gasteiger partial charge in [0, 0.05) is 13.6 Å². The van der Waals surface area contributed by atoms with Crippen molar-refractivity contribution >= 4 is 29.1 Å². The summed E-state index contributed by atoms with van der Waals surface area (Å²) in [5, 5.41) is 6.37. The molecule has 1 N–H and O–H groups in total. The summed E-state index contributed by atoms with van der Waals surface area (Å²) in [6, 6.07) is 3.18. The van der Waals surface area contributed by atoms with Crippen molar-refractivity contribution < 1.29 is 40.6 Å². The number of hydrogen-bond acceptors (Lipinski definition) is 4. The number of nitrogens with one attached hydrogen (secondary N) is 1. The fourth-order valence-electron chi connectivity index (χ4n) is 2.41. The maximum Gasteiger partial charge on any atom is 0.525 e. The number of ether oxygens (including phenoxy) is 2. The van der Waals surface area contributed by atoms with Crippen LogP contribution in [-0.2, 0) is 24.8 Å². The minimum atomic E-state index is -5.63. The normalized spacial score (nSPS) is 13.2. The van der Waals surface area contributed by atoms with Crippen LogP contribution in [0.2, 0.25) is 10.0 Å². The van der Waals surface area contributed by atoms with Crippen LogP contribution >= 0.6 is 23.2 Å². The van der Waals surface area contributed by atoms with Gasteiger partial charge in [-0.15, -0.1) is 13.2 Å². The highest BCUT2D eigenvalue weighted by Crippen LogP contribution is 2.35. The van der Waals surface area contributed by atoms with Crippen LogP contribution < -0.4 is 10.1 Å². The molecule has 0 saturated carbocycles. The van der Waals surface area contributed by atoms with E-state index in [2.05, 4.69) is 19.9 Å². The highest BCUT2D eigenvalue weighted by Gasteiger charge is 2.50. The zero-order valence-electron chi connectivity index (χ0n) is 15.9. The Hall–Kier alpha value is -2.18. The number of hydrogen-bond donors (Lipinski definition) is 1. The van der Waals surface area contributed by atoms with Crippen LogP contribution in [0, 0.1) is 0 Å². The van der Waals surface area contributed by atoms with Crippen molar-refractivity contribution in [3.63, 3.8) is 0 Å². The molecule has 172 valence electrons. The standard InChI is InChI=1S/C17H15Cl2F6N3O3/c1-3-10-12(19)13(28(2)27-10)14(29)26-7-8-4-5-11(9(18)6-8)30-16(21,22)15(20)31-17(23,24)25/h4-6,15H,3,7H2,1-2H3,(H,26,29). The number of benzene rings is 1. The predicted octanol–water partition coefficient (Wildman–Crippen LogP) is 5.02. The summed E-state index contributed by atoms with van der Waals surface area (Å²) >= 11 is 11.9. The fourth-order valence-corrected chi connectivity index (χ4v) is 3.03. The Bertz CT molecular complexity index is 952. The molecule has 0 radical (unpaired) electrons. The van der Waals surface area contributed by atoms with Gasteiger partial charge in [-0.2, -0.15) is 13.9 Å². The van der Waals surface area contributed by atoms with E-state index in [-0.39, 0.29) is 17.3 Å². The summed E-state index contributed by atoms with van der Waals surface area (Å²) in [7, 11) is 1.53. The average Bonchev–Trinajstić information content (AvgIpc) is 2.93. The Morgan fingerprint density at radius 1 is 1.26 bits per heavy atom. The molecule has 0 aliphatic rings. The van der Waals surface area contributed by atoms with E-state index in [1.54, 1.807) is 0 Å². The summed E-state index contributed by atoms with van der Waals surface area (Å²) < 4.78 is 83.8. The molecule has 0 aliphatic carbocycles. The van der Waals surface area contributed by atoms with Crippen molar-refractivity contribution in [2.75, 3.05) is 0 Å². The van der Waals surface area contributed by atoms with Gasteiger partial charge in [0.15, 0.2) is 0 Å². The molecule has 14 heteroatoms. The minimum Gasteiger partial charge on any atom is -0.427 e. The molecule has 6 nitrogen and oxygen atoms in total. The number of carbonyl (C=O) groups excluding carboxylic acids is 1. The Morgan fingerprint density at radius 3 is 2.42 bits per heavy atom. The first-order valence-corrected chi connectivity index (χ1v) is 9.24. The van der Waals surface area contributed by atoms with E-state index in [1.807, 2.05) is 6.92 Å². The Morgan fingerprint density at radius 2 is 1.90 bits per heavy atom. The van der Waals surface area contributed by atoms with Crippen LogP contribution in [-0.4, -0.2) is 34.5 Å². The fraction of sp³-hybridized carbons (Fsp3) is 0.412. The molecule has 1 amide bonds. The van der Waals surface area contributed by atoms with Gasteiger partial charge in [0.2, 0.25) is 0 Å². The number of alkyl halides is 6. The van der Waals surface area contributed by atoms with Gasteiger partial charge >= 0.3 is 18.8 Å². The molecule has 0 fully saturated rings. The third kappa shape index (κ3) is 6.40. The largest absolute Gasteiger partial charge is 0.525 e. The number of carbonyl (C=O) groups is 1. The quantitative estimate of drug-likeness (QED) is 0.524. The van der Waals surface area contributed by atoms with E-state index in [0.29, 0.717) is 17.7 Å². The molecule has 1 aromatic heterocycles. The summed E-state index contributed by atoms with van der Waals surface area (Å²) in [6.45, 7) is 1.70. The van der Waals surface area contributed by atoms with Gasteiger partial charge in [0.1, 0.15) is 11.4 Å². The zero-order valence-corrected chi connectivity index (χ0v) is 17.4. The second-order valence-electron chi connectivity index (χ2n) is 6.08. The molecule has 1 aromatic carbocycles. The monoisotopic (exact) mass is 493 g/mol. The third-order valence-electron chi connectivity index (χ3n) is 3.80. The maximum atomic E-state index is 13.5. The maximum absolute atomic E-state index is 13.5. The van der Waals surface area contributed by atoms with E-state index < -0.39 is 35.5 Å². The molecule has 1 unspecified atom stereocenters. The number of rotatable bonds is 8. The van der Waals surface area contributed by atoms with Crippen LogP contribution in [0.4, 0.5) is 26.3 Å². The lowest BCUT2D eigenvalue weighted by molar-refractivity contribution is -0.411. The van der Waals surface area contributed by atoms with E-state index in [9.17, 15) is 31.1 Å². The van der Waals surface area contributed by atoms with Crippen molar-refractivity contribution in [3.05, 3.63) is 45.2 Å². The Kier molecular flexibility index (Phi) is 7.71. The van der Waals surface area contributed by atoms with Gasteiger partial charge in [-0.1, -0.05) is 36.2 Å². The molecular formula is C17H15Cl2F6N3O3. The minimum absolute atomic E-state index is 0.110. The SMILES string of the molecule is CCc1nn(C)c(C(=O)NCc2ccc(OC(F)(F)C(F)OC(F)(F)F)c(Cl)c2)c1Cl. The van der Waals surface area contributed by atoms with Crippen LogP contribution in [0.25, 0.3) is 0 Å². The Labute approximate surface area is 182 Å². The van der Waals surface area contributed by atoms with Crippen LogP contribution in [0.5, 0.6) is 5.75 Å².